The zero-order chi connectivity index (χ0) is 19.2. The molecule has 1 saturated heterocycles. The van der Waals surface area contributed by atoms with Crippen molar-refractivity contribution in [3.8, 4) is 0 Å². The van der Waals surface area contributed by atoms with Crippen molar-refractivity contribution >= 4 is 23.2 Å². The first-order valence-electron chi connectivity index (χ1n) is 8.64. The molecule has 1 atom stereocenters. The van der Waals surface area contributed by atoms with Gasteiger partial charge in [-0.15, -0.1) is 0 Å². The quantitative estimate of drug-likeness (QED) is 0.606. The minimum absolute atomic E-state index is 0.0554. The molecule has 0 unspecified atom stereocenters. The Morgan fingerprint density at radius 3 is 2.56 bits per heavy atom. The van der Waals surface area contributed by atoms with Gasteiger partial charge < -0.3 is 10.1 Å². The maximum Gasteiger partial charge on any atom is 0.270 e. The molecule has 0 aromatic heterocycles. The van der Waals surface area contributed by atoms with E-state index in [1.807, 2.05) is 30.3 Å². The summed E-state index contributed by atoms with van der Waals surface area (Å²) < 4.78 is 5.38. The molecule has 1 N–H and O–H groups in total. The lowest BCUT2D eigenvalue weighted by Crippen LogP contribution is -2.43. The third-order valence-corrected chi connectivity index (χ3v) is 4.77. The largest absolute Gasteiger partial charge is 0.379 e. The Labute approximate surface area is 162 Å². The number of non-ortho nitro benzene ring substituents is 1. The second-order valence-corrected chi connectivity index (χ2v) is 6.68. The molecule has 0 spiro atoms. The van der Waals surface area contributed by atoms with Crippen molar-refractivity contribution < 1.29 is 14.5 Å². The number of nitro benzene ring substituents is 1. The van der Waals surface area contributed by atoms with E-state index in [0.717, 1.165) is 18.7 Å². The van der Waals surface area contributed by atoms with Gasteiger partial charge in [0, 0.05) is 31.8 Å². The molecule has 1 aliphatic rings. The Kier molecular flexibility index (Phi) is 6.39. The van der Waals surface area contributed by atoms with Gasteiger partial charge >= 0.3 is 0 Å². The molecule has 1 aliphatic heterocycles. The molecule has 2 aromatic carbocycles. The highest BCUT2D eigenvalue weighted by Crippen LogP contribution is 2.24. The maximum absolute atomic E-state index is 12.8. The number of ether oxygens (including phenoxy) is 1. The number of carbonyl (C=O) groups excluding carboxylic acids is 1. The van der Waals surface area contributed by atoms with E-state index in [4.69, 9.17) is 16.3 Å². The molecule has 8 heteroatoms. The van der Waals surface area contributed by atoms with Crippen LogP contribution in [0.4, 0.5) is 5.69 Å². The van der Waals surface area contributed by atoms with E-state index in [1.165, 1.54) is 18.2 Å². The SMILES string of the molecule is O=C(N[C@H](CN1CCOCC1)c1ccccc1)c1ccc([N+](=O)[O-])cc1Cl. The normalized spacial score (nSPS) is 15.9. The number of benzene rings is 2. The fourth-order valence-corrected chi connectivity index (χ4v) is 3.26. The molecular formula is C19H20ClN3O4. The average molecular weight is 390 g/mol. The van der Waals surface area contributed by atoms with Crippen LogP contribution in [0.15, 0.2) is 48.5 Å². The molecule has 3 rings (SSSR count). The van der Waals surface area contributed by atoms with Gasteiger partial charge in [-0.3, -0.25) is 19.8 Å². The minimum Gasteiger partial charge on any atom is -0.379 e. The molecule has 0 bridgehead atoms. The first-order valence-corrected chi connectivity index (χ1v) is 9.02. The number of nitrogens with zero attached hydrogens (tertiary/aromatic N) is 2. The van der Waals surface area contributed by atoms with Gasteiger partial charge in [-0.05, 0) is 11.6 Å². The molecule has 27 heavy (non-hydrogen) atoms. The Morgan fingerprint density at radius 2 is 1.93 bits per heavy atom. The first kappa shape index (κ1) is 19.3. The number of carbonyl (C=O) groups is 1. The number of morpholine rings is 1. The minimum atomic E-state index is -0.543. The molecular weight excluding hydrogens is 370 g/mol. The third kappa shape index (κ3) is 5.03. The Hall–Kier alpha value is -2.48. The maximum atomic E-state index is 12.8. The summed E-state index contributed by atoms with van der Waals surface area (Å²) in [5, 5.41) is 13.9. The van der Waals surface area contributed by atoms with Gasteiger partial charge in [0.25, 0.3) is 11.6 Å². The van der Waals surface area contributed by atoms with Crippen LogP contribution >= 0.6 is 11.6 Å². The van der Waals surface area contributed by atoms with Crippen molar-refractivity contribution in [1.29, 1.82) is 0 Å². The summed E-state index contributed by atoms with van der Waals surface area (Å²) in [7, 11) is 0. The van der Waals surface area contributed by atoms with Gasteiger partial charge in [-0.2, -0.15) is 0 Å². The monoisotopic (exact) mass is 389 g/mol. The van der Waals surface area contributed by atoms with Gasteiger partial charge in [0.15, 0.2) is 0 Å². The van der Waals surface area contributed by atoms with E-state index in [9.17, 15) is 14.9 Å². The molecule has 1 heterocycles. The second-order valence-electron chi connectivity index (χ2n) is 6.27. The molecule has 0 saturated carbocycles. The number of nitrogens with one attached hydrogen (secondary N) is 1. The summed E-state index contributed by atoms with van der Waals surface area (Å²) in [5.74, 6) is -0.364. The van der Waals surface area contributed by atoms with Gasteiger partial charge in [0.05, 0.1) is 34.8 Å². The van der Waals surface area contributed by atoms with E-state index in [0.29, 0.717) is 19.8 Å². The molecule has 0 aliphatic carbocycles. The van der Waals surface area contributed by atoms with Crippen molar-refractivity contribution in [2.24, 2.45) is 0 Å². The highest BCUT2D eigenvalue weighted by atomic mass is 35.5. The summed E-state index contributed by atoms with van der Waals surface area (Å²) >= 11 is 6.10. The summed E-state index contributed by atoms with van der Waals surface area (Å²) in [6.45, 7) is 3.59. The van der Waals surface area contributed by atoms with Crippen molar-refractivity contribution in [3.05, 3.63) is 74.8 Å². The Morgan fingerprint density at radius 1 is 1.22 bits per heavy atom. The smallest absolute Gasteiger partial charge is 0.270 e. The number of rotatable bonds is 6. The fraction of sp³-hybridized carbons (Fsp3) is 0.316. The lowest BCUT2D eigenvalue weighted by Gasteiger charge is -2.31. The van der Waals surface area contributed by atoms with Crippen LogP contribution in [-0.2, 0) is 4.74 Å². The van der Waals surface area contributed by atoms with Crippen LogP contribution in [0.3, 0.4) is 0 Å². The lowest BCUT2D eigenvalue weighted by atomic mass is 10.1. The van der Waals surface area contributed by atoms with E-state index in [2.05, 4.69) is 10.2 Å². The molecule has 142 valence electrons. The van der Waals surface area contributed by atoms with Gasteiger partial charge in [-0.25, -0.2) is 0 Å². The zero-order valence-corrected chi connectivity index (χ0v) is 15.4. The van der Waals surface area contributed by atoms with Crippen LogP contribution in [0.5, 0.6) is 0 Å². The van der Waals surface area contributed by atoms with Crippen LogP contribution < -0.4 is 5.32 Å². The first-order chi connectivity index (χ1) is 13.0. The predicted octanol–water partition coefficient (Wildman–Crippen LogP) is 3.05. The lowest BCUT2D eigenvalue weighted by molar-refractivity contribution is -0.384. The highest BCUT2D eigenvalue weighted by molar-refractivity contribution is 6.34. The number of halogens is 1. The van der Waals surface area contributed by atoms with Crippen molar-refractivity contribution in [2.45, 2.75) is 6.04 Å². The van der Waals surface area contributed by atoms with Gasteiger partial charge in [-0.1, -0.05) is 41.9 Å². The molecule has 1 fully saturated rings. The van der Waals surface area contributed by atoms with Crippen LogP contribution in [0.25, 0.3) is 0 Å². The second kappa shape index (κ2) is 8.94. The summed E-state index contributed by atoms with van der Waals surface area (Å²) in [4.78, 5) is 25.3. The molecule has 7 nitrogen and oxygen atoms in total. The molecule has 1 amide bonds. The topological polar surface area (TPSA) is 84.7 Å². The van der Waals surface area contributed by atoms with Crippen LogP contribution in [0, 0.1) is 10.1 Å². The van der Waals surface area contributed by atoms with E-state index < -0.39 is 4.92 Å². The standard InChI is InChI=1S/C19H20ClN3O4/c20-17-12-15(23(25)26)6-7-16(17)19(24)21-18(14-4-2-1-3-5-14)13-22-8-10-27-11-9-22/h1-7,12,18H,8-11,13H2,(H,21,24)/t18-/m1/s1. The van der Waals surface area contributed by atoms with Gasteiger partial charge in [0.1, 0.15) is 0 Å². The van der Waals surface area contributed by atoms with Crippen molar-refractivity contribution in [2.75, 3.05) is 32.8 Å². The van der Waals surface area contributed by atoms with E-state index in [-0.39, 0.29) is 28.2 Å². The highest BCUT2D eigenvalue weighted by Gasteiger charge is 2.22. The predicted molar refractivity (Wildman–Crippen MR) is 102 cm³/mol. The Bertz CT molecular complexity index is 810. The molecule has 2 aromatic rings. The average Bonchev–Trinajstić information content (AvgIpc) is 2.68. The van der Waals surface area contributed by atoms with E-state index in [1.54, 1.807) is 0 Å². The number of nitro groups is 1. The van der Waals surface area contributed by atoms with Crippen molar-refractivity contribution in [1.82, 2.24) is 10.2 Å². The van der Waals surface area contributed by atoms with E-state index >= 15 is 0 Å². The Balaban J connectivity index is 1.78. The van der Waals surface area contributed by atoms with Crippen LogP contribution in [-0.4, -0.2) is 48.6 Å². The van der Waals surface area contributed by atoms with Gasteiger partial charge in [0.2, 0.25) is 0 Å². The fourth-order valence-electron chi connectivity index (χ4n) is 3.00. The number of amides is 1. The zero-order valence-electron chi connectivity index (χ0n) is 14.6. The van der Waals surface area contributed by atoms with Crippen LogP contribution in [0.2, 0.25) is 5.02 Å². The third-order valence-electron chi connectivity index (χ3n) is 4.46. The summed E-state index contributed by atoms with van der Waals surface area (Å²) in [5.41, 5.74) is 1.05. The van der Waals surface area contributed by atoms with Crippen LogP contribution in [0.1, 0.15) is 22.0 Å². The molecule has 0 radical (unpaired) electrons. The summed E-state index contributed by atoms with van der Waals surface area (Å²) in [6.07, 6.45) is 0. The number of hydrogen-bond donors (Lipinski definition) is 1. The van der Waals surface area contributed by atoms with Crippen molar-refractivity contribution in [3.63, 3.8) is 0 Å². The summed E-state index contributed by atoms with van der Waals surface area (Å²) in [6, 6.07) is 13.3. The number of hydrogen-bond acceptors (Lipinski definition) is 5.